The fourth-order valence-corrected chi connectivity index (χ4v) is 2.94. The zero-order valence-electron chi connectivity index (χ0n) is 16.1. The van der Waals surface area contributed by atoms with Crippen LogP contribution in [0.15, 0.2) is 12.1 Å². The summed E-state index contributed by atoms with van der Waals surface area (Å²) < 4.78 is 7.25. The molecule has 1 aliphatic rings. The van der Waals surface area contributed by atoms with Crippen molar-refractivity contribution in [2.24, 2.45) is 7.05 Å². The molecule has 0 bridgehead atoms. The van der Waals surface area contributed by atoms with Crippen molar-refractivity contribution in [2.45, 2.75) is 33.1 Å². The number of hydrogen-bond acceptors (Lipinski definition) is 6. The molecule has 2 aromatic heterocycles. The molecule has 0 unspecified atom stereocenters. The van der Waals surface area contributed by atoms with E-state index in [-0.39, 0.29) is 5.41 Å². The van der Waals surface area contributed by atoms with E-state index in [2.05, 4.69) is 42.2 Å². The van der Waals surface area contributed by atoms with Crippen LogP contribution in [-0.2, 0) is 17.2 Å². The summed E-state index contributed by atoms with van der Waals surface area (Å²) in [7, 11) is 1.91. The summed E-state index contributed by atoms with van der Waals surface area (Å²) in [6.45, 7) is 11.1. The molecule has 2 aromatic rings. The van der Waals surface area contributed by atoms with Crippen LogP contribution in [0, 0.1) is 18.3 Å². The van der Waals surface area contributed by atoms with Crippen molar-refractivity contribution in [3.8, 4) is 6.07 Å². The summed E-state index contributed by atoms with van der Waals surface area (Å²) in [4.78, 5) is 6.85. The van der Waals surface area contributed by atoms with Gasteiger partial charge in [-0.2, -0.15) is 10.4 Å². The Morgan fingerprint density at radius 3 is 2.50 bits per heavy atom. The Morgan fingerprint density at radius 1 is 1.23 bits per heavy atom. The van der Waals surface area contributed by atoms with E-state index in [1.807, 2.05) is 30.8 Å². The van der Waals surface area contributed by atoms with Crippen LogP contribution in [0.5, 0.6) is 0 Å². The van der Waals surface area contributed by atoms with Crippen LogP contribution < -0.4 is 10.2 Å². The molecule has 138 valence electrons. The van der Waals surface area contributed by atoms with Crippen molar-refractivity contribution < 1.29 is 4.74 Å². The molecule has 7 heteroatoms. The molecule has 0 aromatic carbocycles. The smallest absolute Gasteiger partial charge is 0.149 e. The second-order valence-corrected chi connectivity index (χ2v) is 7.65. The zero-order chi connectivity index (χ0) is 18.9. The van der Waals surface area contributed by atoms with Crippen LogP contribution in [0.4, 0.5) is 17.5 Å². The maximum Gasteiger partial charge on any atom is 0.149 e. The minimum Gasteiger partial charge on any atom is -0.378 e. The molecule has 0 radical (unpaired) electrons. The first-order valence-electron chi connectivity index (χ1n) is 8.85. The van der Waals surface area contributed by atoms with E-state index in [0.29, 0.717) is 24.6 Å². The Bertz CT molecular complexity index is 837. The molecule has 0 atom stereocenters. The van der Waals surface area contributed by atoms with Crippen LogP contribution in [0.2, 0.25) is 0 Å². The Kier molecular flexibility index (Phi) is 4.88. The molecule has 1 aliphatic heterocycles. The average Bonchev–Trinajstić information content (AvgIpc) is 2.96. The lowest BCUT2D eigenvalue weighted by Gasteiger charge is -2.29. The lowest BCUT2D eigenvalue weighted by Crippen LogP contribution is -2.37. The first kappa shape index (κ1) is 18.2. The molecule has 26 heavy (non-hydrogen) atoms. The van der Waals surface area contributed by atoms with Gasteiger partial charge in [0.2, 0.25) is 0 Å². The van der Waals surface area contributed by atoms with Gasteiger partial charge in [0.05, 0.1) is 24.5 Å². The number of pyridine rings is 1. The van der Waals surface area contributed by atoms with Gasteiger partial charge in [0.25, 0.3) is 0 Å². The van der Waals surface area contributed by atoms with Crippen molar-refractivity contribution in [3.63, 3.8) is 0 Å². The predicted molar refractivity (Wildman–Crippen MR) is 102 cm³/mol. The van der Waals surface area contributed by atoms with Crippen LogP contribution in [-0.4, -0.2) is 41.1 Å². The van der Waals surface area contributed by atoms with Gasteiger partial charge in [0.1, 0.15) is 23.5 Å². The Labute approximate surface area is 154 Å². The molecule has 3 rings (SSSR count). The van der Waals surface area contributed by atoms with Crippen molar-refractivity contribution in [2.75, 3.05) is 36.5 Å². The molecular weight excluding hydrogens is 328 g/mol. The number of nitriles is 1. The van der Waals surface area contributed by atoms with Gasteiger partial charge in [-0.15, -0.1) is 0 Å². The zero-order valence-corrected chi connectivity index (χ0v) is 16.1. The highest BCUT2D eigenvalue weighted by molar-refractivity contribution is 5.65. The summed E-state index contributed by atoms with van der Waals surface area (Å²) >= 11 is 0. The van der Waals surface area contributed by atoms with Gasteiger partial charge in [-0.25, -0.2) is 4.98 Å². The standard InChI is InChI=1S/C19H26N6O/c1-13-10-16(21-17-11-15(19(2,3)4)23-24(17)5)22-18(14(13)12-20)25-6-8-26-9-7-25/h10-11H,6-9H2,1-5H3,(H,21,22). The molecule has 0 saturated carbocycles. The van der Waals surface area contributed by atoms with E-state index in [1.165, 1.54) is 0 Å². The van der Waals surface area contributed by atoms with E-state index < -0.39 is 0 Å². The van der Waals surface area contributed by atoms with Crippen LogP contribution in [0.25, 0.3) is 0 Å². The summed E-state index contributed by atoms with van der Waals surface area (Å²) in [6.07, 6.45) is 0. The summed E-state index contributed by atoms with van der Waals surface area (Å²) in [5.74, 6) is 2.31. The fourth-order valence-electron chi connectivity index (χ4n) is 2.94. The number of nitrogens with one attached hydrogen (secondary N) is 1. The second kappa shape index (κ2) is 6.96. The molecular formula is C19H26N6O. The van der Waals surface area contributed by atoms with Crippen LogP contribution in [0.3, 0.4) is 0 Å². The monoisotopic (exact) mass is 354 g/mol. The molecule has 0 aliphatic carbocycles. The summed E-state index contributed by atoms with van der Waals surface area (Å²) in [6, 6.07) is 6.25. The van der Waals surface area contributed by atoms with Crippen molar-refractivity contribution >= 4 is 17.5 Å². The van der Waals surface area contributed by atoms with Gasteiger partial charge >= 0.3 is 0 Å². The Hall–Kier alpha value is -2.59. The van der Waals surface area contributed by atoms with Crippen molar-refractivity contribution in [1.29, 1.82) is 5.26 Å². The third-order valence-electron chi connectivity index (χ3n) is 4.52. The second-order valence-electron chi connectivity index (χ2n) is 7.65. The number of aromatic nitrogens is 3. The van der Waals surface area contributed by atoms with Gasteiger partial charge in [0, 0.05) is 31.6 Å². The van der Waals surface area contributed by atoms with Gasteiger partial charge < -0.3 is 15.0 Å². The number of morpholine rings is 1. The van der Waals surface area contributed by atoms with Gasteiger partial charge in [-0.3, -0.25) is 4.68 Å². The average molecular weight is 354 g/mol. The highest BCUT2D eigenvalue weighted by atomic mass is 16.5. The van der Waals surface area contributed by atoms with E-state index in [9.17, 15) is 5.26 Å². The quantitative estimate of drug-likeness (QED) is 0.913. The van der Waals surface area contributed by atoms with Crippen molar-refractivity contribution in [1.82, 2.24) is 14.8 Å². The largest absolute Gasteiger partial charge is 0.378 e. The maximum atomic E-state index is 9.57. The maximum absolute atomic E-state index is 9.57. The molecule has 7 nitrogen and oxygen atoms in total. The Balaban J connectivity index is 1.95. The van der Waals surface area contributed by atoms with Crippen LogP contribution in [0.1, 0.15) is 37.6 Å². The highest BCUT2D eigenvalue weighted by Gasteiger charge is 2.21. The number of rotatable bonds is 3. The fraction of sp³-hybridized carbons (Fsp3) is 0.526. The van der Waals surface area contributed by atoms with E-state index in [0.717, 1.165) is 36.0 Å². The van der Waals surface area contributed by atoms with E-state index in [4.69, 9.17) is 9.72 Å². The minimum atomic E-state index is -0.0232. The summed E-state index contributed by atoms with van der Waals surface area (Å²) in [5.41, 5.74) is 2.52. The van der Waals surface area contributed by atoms with Gasteiger partial charge in [-0.05, 0) is 18.6 Å². The third-order valence-corrected chi connectivity index (χ3v) is 4.52. The molecule has 1 fully saturated rings. The van der Waals surface area contributed by atoms with Gasteiger partial charge in [0.15, 0.2) is 0 Å². The first-order chi connectivity index (χ1) is 12.3. The number of hydrogen-bond donors (Lipinski definition) is 1. The Morgan fingerprint density at radius 2 is 1.92 bits per heavy atom. The van der Waals surface area contributed by atoms with Crippen LogP contribution >= 0.6 is 0 Å². The summed E-state index contributed by atoms with van der Waals surface area (Å²) in [5, 5.41) is 17.5. The molecule has 3 heterocycles. The number of ether oxygens (including phenoxy) is 1. The molecule has 1 saturated heterocycles. The lowest BCUT2D eigenvalue weighted by molar-refractivity contribution is 0.122. The van der Waals surface area contributed by atoms with E-state index in [1.54, 1.807) is 0 Å². The normalized spacial score (nSPS) is 15.0. The molecule has 0 amide bonds. The third kappa shape index (κ3) is 3.65. The highest BCUT2D eigenvalue weighted by Crippen LogP contribution is 2.28. The SMILES string of the molecule is Cc1cc(Nc2cc(C(C)(C)C)nn2C)nc(N2CCOCC2)c1C#N. The first-order valence-corrected chi connectivity index (χ1v) is 8.85. The van der Waals surface area contributed by atoms with Gasteiger partial charge in [-0.1, -0.05) is 20.8 Å². The number of aryl methyl sites for hydroxylation is 2. The minimum absolute atomic E-state index is 0.0232. The van der Waals surface area contributed by atoms with Crippen molar-refractivity contribution in [3.05, 3.63) is 29.0 Å². The molecule has 1 N–H and O–H groups in total. The molecule has 0 spiro atoms. The topological polar surface area (TPSA) is 79.0 Å². The lowest BCUT2D eigenvalue weighted by atomic mass is 9.92. The number of nitrogens with zero attached hydrogens (tertiary/aromatic N) is 5. The predicted octanol–water partition coefficient (Wildman–Crippen LogP) is 2.87. The number of anilines is 3. The van der Waals surface area contributed by atoms with E-state index >= 15 is 0 Å².